The van der Waals surface area contributed by atoms with Crippen LogP contribution in [0.5, 0.6) is 0 Å². The third-order valence-corrected chi connectivity index (χ3v) is 6.67. The third-order valence-electron chi connectivity index (χ3n) is 6.67. The molecule has 2 atom stereocenters. The molecule has 0 spiro atoms. The summed E-state index contributed by atoms with van der Waals surface area (Å²) in [6.07, 6.45) is 0.955. The highest BCUT2D eigenvalue weighted by molar-refractivity contribution is 5.89. The number of amides is 2. The van der Waals surface area contributed by atoms with E-state index in [0.717, 1.165) is 48.2 Å². The number of carboxylic acid groups (broad SMARTS) is 1. The lowest BCUT2D eigenvalue weighted by Gasteiger charge is -2.25. The minimum atomic E-state index is -1.21. The van der Waals surface area contributed by atoms with E-state index < -0.39 is 30.4 Å². The minimum Gasteiger partial charge on any atom is -0.481 e. The van der Waals surface area contributed by atoms with E-state index in [1.807, 2.05) is 55.5 Å². The van der Waals surface area contributed by atoms with Crippen LogP contribution >= 0.6 is 0 Å². The van der Waals surface area contributed by atoms with E-state index in [-0.39, 0.29) is 18.6 Å². The molecule has 0 saturated carbocycles. The lowest BCUT2D eigenvalue weighted by Crippen LogP contribution is -2.50. The first kappa shape index (κ1) is 23.8. The lowest BCUT2D eigenvalue weighted by atomic mass is 9.98. The SMILES string of the molecule is CC(CNC(=O)C(CC(=O)O)NC(=O)OCC1c2ccccc2-c2ccccc21)N1CCCC1. The fourth-order valence-electron chi connectivity index (χ4n) is 4.85. The molecule has 2 aromatic rings. The Hall–Kier alpha value is -3.39. The molecule has 1 fully saturated rings. The molecule has 0 aromatic heterocycles. The van der Waals surface area contributed by atoms with Crippen molar-refractivity contribution >= 4 is 18.0 Å². The monoisotopic (exact) mass is 465 g/mol. The van der Waals surface area contributed by atoms with Gasteiger partial charge in [0.25, 0.3) is 0 Å². The van der Waals surface area contributed by atoms with Crippen LogP contribution in [0.3, 0.4) is 0 Å². The number of ether oxygens (including phenoxy) is 1. The summed E-state index contributed by atoms with van der Waals surface area (Å²) in [6, 6.07) is 14.9. The number of fused-ring (bicyclic) bond motifs is 3. The third kappa shape index (κ3) is 5.39. The molecule has 3 N–H and O–H groups in total. The highest BCUT2D eigenvalue weighted by Crippen LogP contribution is 2.44. The molecule has 8 nitrogen and oxygen atoms in total. The molecule has 8 heteroatoms. The van der Waals surface area contributed by atoms with E-state index in [2.05, 4.69) is 15.5 Å². The summed E-state index contributed by atoms with van der Waals surface area (Å²) in [4.78, 5) is 38.8. The van der Waals surface area contributed by atoms with Crippen LogP contribution < -0.4 is 10.6 Å². The van der Waals surface area contributed by atoms with Crippen LogP contribution in [0.15, 0.2) is 48.5 Å². The number of aliphatic carboxylic acids is 1. The van der Waals surface area contributed by atoms with Crippen molar-refractivity contribution in [3.63, 3.8) is 0 Å². The summed E-state index contributed by atoms with van der Waals surface area (Å²) in [5.74, 6) is -1.82. The van der Waals surface area contributed by atoms with Gasteiger partial charge >= 0.3 is 12.1 Å². The number of nitrogens with zero attached hydrogens (tertiary/aromatic N) is 1. The summed E-state index contributed by atoms with van der Waals surface area (Å²) < 4.78 is 5.48. The first-order chi connectivity index (χ1) is 16.4. The summed E-state index contributed by atoms with van der Waals surface area (Å²) >= 11 is 0. The van der Waals surface area contributed by atoms with E-state index in [1.54, 1.807) is 0 Å². The Balaban J connectivity index is 1.35. The molecule has 0 radical (unpaired) electrons. The highest BCUT2D eigenvalue weighted by Gasteiger charge is 2.30. The van der Waals surface area contributed by atoms with Gasteiger partial charge in [-0.05, 0) is 55.1 Å². The Morgan fingerprint density at radius 1 is 1.03 bits per heavy atom. The van der Waals surface area contributed by atoms with Gasteiger partial charge in [-0.2, -0.15) is 0 Å². The van der Waals surface area contributed by atoms with Crippen molar-refractivity contribution in [3.8, 4) is 11.1 Å². The summed E-state index contributed by atoms with van der Waals surface area (Å²) in [6.45, 7) is 4.49. The van der Waals surface area contributed by atoms with Crippen LogP contribution in [0.2, 0.25) is 0 Å². The summed E-state index contributed by atoms with van der Waals surface area (Å²) in [7, 11) is 0. The number of benzene rings is 2. The van der Waals surface area contributed by atoms with E-state index in [9.17, 15) is 19.5 Å². The van der Waals surface area contributed by atoms with Gasteiger partial charge < -0.3 is 20.5 Å². The Labute approximate surface area is 199 Å². The molecule has 2 aliphatic rings. The largest absolute Gasteiger partial charge is 0.481 e. The summed E-state index contributed by atoms with van der Waals surface area (Å²) in [5.41, 5.74) is 4.38. The van der Waals surface area contributed by atoms with E-state index in [0.29, 0.717) is 6.54 Å². The summed E-state index contributed by atoms with van der Waals surface area (Å²) in [5, 5.41) is 14.5. The van der Waals surface area contributed by atoms with Crippen LogP contribution in [-0.2, 0) is 14.3 Å². The molecule has 1 saturated heterocycles. The van der Waals surface area contributed by atoms with Gasteiger partial charge in [-0.3, -0.25) is 14.5 Å². The van der Waals surface area contributed by atoms with Gasteiger partial charge in [0, 0.05) is 18.5 Å². The normalized spacial score (nSPS) is 16.9. The van der Waals surface area contributed by atoms with E-state index >= 15 is 0 Å². The first-order valence-corrected chi connectivity index (χ1v) is 11.8. The number of carboxylic acids is 1. The zero-order chi connectivity index (χ0) is 24.1. The van der Waals surface area contributed by atoms with E-state index in [1.165, 1.54) is 0 Å². The zero-order valence-electron chi connectivity index (χ0n) is 19.3. The van der Waals surface area contributed by atoms with Gasteiger partial charge in [0.05, 0.1) is 6.42 Å². The van der Waals surface area contributed by atoms with Crippen molar-refractivity contribution in [3.05, 3.63) is 59.7 Å². The smallest absolute Gasteiger partial charge is 0.407 e. The number of hydrogen-bond donors (Lipinski definition) is 3. The van der Waals surface area contributed by atoms with Crippen LogP contribution in [0.4, 0.5) is 4.79 Å². The predicted molar refractivity (Wildman–Crippen MR) is 128 cm³/mol. The maximum absolute atomic E-state index is 12.7. The average Bonchev–Trinajstić information content (AvgIpc) is 3.47. The minimum absolute atomic E-state index is 0.0905. The molecule has 4 rings (SSSR count). The second kappa shape index (κ2) is 10.7. The maximum atomic E-state index is 12.7. The fourth-order valence-corrected chi connectivity index (χ4v) is 4.85. The number of likely N-dealkylation sites (tertiary alicyclic amines) is 1. The fraction of sp³-hybridized carbons (Fsp3) is 0.423. The molecule has 34 heavy (non-hydrogen) atoms. The molecular weight excluding hydrogens is 434 g/mol. The number of hydrogen-bond acceptors (Lipinski definition) is 5. The lowest BCUT2D eigenvalue weighted by molar-refractivity contribution is -0.139. The van der Waals surface area contributed by atoms with Gasteiger partial charge in [-0.1, -0.05) is 48.5 Å². The Kier molecular flexibility index (Phi) is 7.47. The number of alkyl carbamates (subject to hydrolysis) is 1. The molecule has 2 amide bonds. The zero-order valence-corrected chi connectivity index (χ0v) is 19.3. The second-order valence-corrected chi connectivity index (χ2v) is 8.96. The van der Waals surface area contributed by atoms with Crippen molar-refractivity contribution < 1.29 is 24.2 Å². The highest BCUT2D eigenvalue weighted by atomic mass is 16.5. The number of carbonyl (C=O) groups excluding carboxylic acids is 2. The van der Waals surface area contributed by atoms with Gasteiger partial charge in [-0.25, -0.2) is 4.79 Å². The Bertz CT molecular complexity index is 1000. The van der Waals surface area contributed by atoms with Crippen LogP contribution in [0.25, 0.3) is 11.1 Å². The van der Waals surface area contributed by atoms with Crippen LogP contribution in [0, 0.1) is 0 Å². The van der Waals surface area contributed by atoms with Crippen molar-refractivity contribution in [1.82, 2.24) is 15.5 Å². The van der Waals surface area contributed by atoms with Crippen LogP contribution in [0.1, 0.15) is 43.2 Å². The molecule has 2 unspecified atom stereocenters. The van der Waals surface area contributed by atoms with E-state index in [4.69, 9.17) is 4.74 Å². The van der Waals surface area contributed by atoms with Gasteiger partial charge in [0.15, 0.2) is 0 Å². The van der Waals surface area contributed by atoms with Crippen molar-refractivity contribution in [2.24, 2.45) is 0 Å². The number of rotatable bonds is 9. The molecular formula is C26H31N3O5. The predicted octanol–water partition coefficient (Wildman–Crippen LogP) is 2.97. The van der Waals surface area contributed by atoms with Gasteiger partial charge in [-0.15, -0.1) is 0 Å². The number of nitrogens with one attached hydrogen (secondary N) is 2. The van der Waals surface area contributed by atoms with Crippen molar-refractivity contribution in [2.75, 3.05) is 26.2 Å². The number of carbonyl (C=O) groups is 3. The van der Waals surface area contributed by atoms with Crippen molar-refractivity contribution in [2.45, 2.75) is 44.2 Å². The standard InChI is InChI=1S/C26H31N3O5/c1-17(29-12-6-7-13-29)15-27-25(32)23(14-24(30)31)28-26(33)34-16-22-20-10-4-2-8-18(20)19-9-3-5-11-21(19)22/h2-5,8-11,17,22-23H,6-7,12-16H2,1H3,(H,27,32)(H,28,33)(H,30,31). The molecule has 2 aromatic carbocycles. The maximum Gasteiger partial charge on any atom is 0.407 e. The molecule has 1 aliphatic carbocycles. The van der Waals surface area contributed by atoms with Gasteiger partial charge in [0.2, 0.25) is 5.91 Å². The average molecular weight is 466 g/mol. The molecule has 1 aliphatic heterocycles. The second-order valence-electron chi connectivity index (χ2n) is 8.96. The molecule has 180 valence electrons. The van der Waals surface area contributed by atoms with Gasteiger partial charge in [0.1, 0.15) is 12.6 Å². The Morgan fingerprint density at radius 3 is 2.21 bits per heavy atom. The molecule has 1 heterocycles. The first-order valence-electron chi connectivity index (χ1n) is 11.8. The molecule has 0 bridgehead atoms. The topological polar surface area (TPSA) is 108 Å². The van der Waals surface area contributed by atoms with Crippen LogP contribution in [-0.4, -0.2) is 66.3 Å². The Morgan fingerprint density at radius 2 is 1.62 bits per heavy atom. The van der Waals surface area contributed by atoms with Crippen molar-refractivity contribution in [1.29, 1.82) is 0 Å². The quantitative estimate of drug-likeness (QED) is 0.526.